The molecule has 0 radical (unpaired) electrons. The van der Waals surface area contributed by atoms with E-state index in [0.29, 0.717) is 17.8 Å². The van der Waals surface area contributed by atoms with Gasteiger partial charge in [-0.3, -0.25) is 14.4 Å². The first kappa shape index (κ1) is 19.7. The molecule has 2 amide bonds. The number of amides is 2. The summed E-state index contributed by atoms with van der Waals surface area (Å²) in [7, 11) is 0. The fraction of sp³-hybridized carbons (Fsp3) is 0.500. The van der Waals surface area contributed by atoms with Crippen molar-refractivity contribution in [2.75, 3.05) is 11.9 Å². The highest BCUT2D eigenvalue weighted by atomic mass is 16.4. The minimum atomic E-state index is -1.18. The van der Waals surface area contributed by atoms with E-state index >= 15 is 0 Å². The lowest BCUT2D eigenvalue weighted by molar-refractivity contribution is -0.139. The quantitative estimate of drug-likeness (QED) is 0.428. The van der Waals surface area contributed by atoms with Gasteiger partial charge in [0.1, 0.15) is 6.42 Å². The van der Waals surface area contributed by atoms with E-state index in [1.54, 1.807) is 24.3 Å². The van der Waals surface area contributed by atoms with Crippen molar-refractivity contribution in [3.05, 3.63) is 29.8 Å². The molecule has 6 nitrogen and oxygen atoms in total. The molecule has 0 spiro atoms. The van der Waals surface area contributed by atoms with Crippen molar-refractivity contribution in [3.63, 3.8) is 0 Å². The molecule has 0 aliphatic rings. The molecule has 0 atom stereocenters. The summed E-state index contributed by atoms with van der Waals surface area (Å²) in [5.41, 5.74) is 0.978. The lowest BCUT2D eigenvalue weighted by Crippen LogP contribution is -2.24. The predicted molar refractivity (Wildman–Crippen MR) is 93.0 cm³/mol. The first-order valence-electron chi connectivity index (χ1n) is 8.43. The molecule has 132 valence electrons. The van der Waals surface area contributed by atoms with Gasteiger partial charge in [-0.25, -0.2) is 0 Å². The Morgan fingerprint density at radius 2 is 1.58 bits per heavy atom. The SMILES string of the molecule is CCCCCCCCNC(=O)c1ccc(NC(=O)CC(=O)O)cc1. The Labute approximate surface area is 142 Å². The molecule has 0 saturated carbocycles. The number of aliphatic carboxylic acids is 1. The number of carboxylic acid groups (broad SMARTS) is 1. The molecule has 1 aromatic rings. The summed E-state index contributed by atoms with van der Waals surface area (Å²) in [5, 5.41) is 13.9. The van der Waals surface area contributed by atoms with Gasteiger partial charge in [-0.15, -0.1) is 0 Å². The largest absolute Gasteiger partial charge is 0.481 e. The maximum Gasteiger partial charge on any atom is 0.312 e. The van der Waals surface area contributed by atoms with Gasteiger partial charge in [-0.05, 0) is 30.7 Å². The monoisotopic (exact) mass is 334 g/mol. The molecule has 0 aliphatic heterocycles. The summed E-state index contributed by atoms with van der Waals surface area (Å²) in [6.07, 6.45) is 6.45. The average molecular weight is 334 g/mol. The van der Waals surface area contributed by atoms with Crippen LogP contribution < -0.4 is 10.6 Å². The van der Waals surface area contributed by atoms with Gasteiger partial charge in [0.25, 0.3) is 5.91 Å². The zero-order valence-electron chi connectivity index (χ0n) is 14.1. The zero-order chi connectivity index (χ0) is 17.8. The minimum Gasteiger partial charge on any atom is -0.481 e. The van der Waals surface area contributed by atoms with E-state index in [-0.39, 0.29) is 5.91 Å². The second-order valence-corrected chi connectivity index (χ2v) is 5.72. The molecule has 6 heteroatoms. The van der Waals surface area contributed by atoms with E-state index in [2.05, 4.69) is 17.6 Å². The van der Waals surface area contributed by atoms with Crippen LogP contribution in [0.25, 0.3) is 0 Å². The second-order valence-electron chi connectivity index (χ2n) is 5.72. The van der Waals surface area contributed by atoms with Gasteiger partial charge in [0.05, 0.1) is 0 Å². The number of rotatable bonds is 11. The minimum absolute atomic E-state index is 0.146. The van der Waals surface area contributed by atoms with Crippen LogP contribution in [0.5, 0.6) is 0 Å². The molecular formula is C18H26N2O4. The normalized spacial score (nSPS) is 10.2. The third-order valence-corrected chi connectivity index (χ3v) is 3.56. The third-order valence-electron chi connectivity index (χ3n) is 3.56. The van der Waals surface area contributed by atoms with Crippen LogP contribution in [0.4, 0.5) is 5.69 Å². The topological polar surface area (TPSA) is 95.5 Å². The molecule has 3 N–H and O–H groups in total. The van der Waals surface area contributed by atoms with Crippen molar-refractivity contribution < 1.29 is 19.5 Å². The summed E-state index contributed by atoms with van der Waals surface area (Å²) in [6, 6.07) is 6.37. The fourth-order valence-corrected chi connectivity index (χ4v) is 2.26. The van der Waals surface area contributed by atoms with Gasteiger partial charge in [-0.1, -0.05) is 39.0 Å². The molecule has 0 aliphatic carbocycles. The van der Waals surface area contributed by atoms with Crippen LogP contribution in [0.2, 0.25) is 0 Å². The summed E-state index contributed by atoms with van der Waals surface area (Å²) in [4.78, 5) is 33.8. The smallest absolute Gasteiger partial charge is 0.312 e. The number of unbranched alkanes of at least 4 members (excludes halogenated alkanes) is 5. The zero-order valence-corrected chi connectivity index (χ0v) is 14.1. The summed E-state index contributed by atoms with van der Waals surface area (Å²) < 4.78 is 0. The molecule has 1 aromatic carbocycles. The molecule has 0 heterocycles. The van der Waals surface area contributed by atoms with E-state index < -0.39 is 18.3 Å². The molecule has 24 heavy (non-hydrogen) atoms. The maximum absolute atomic E-state index is 12.0. The summed E-state index contributed by atoms with van der Waals surface area (Å²) in [5.74, 6) is -1.92. The van der Waals surface area contributed by atoms with Gasteiger partial charge in [0.2, 0.25) is 5.91 Å². The van der Waals surface area contributed by atoms with Crippen LogP contribution in [0.15, 0.2) is 24.3 Å². The van der Waals surface area contributed by atoms with Crippen LogP contribution in [-0.2, 0) is 9.59 Å². The highest BCUT2D eigenvalue weighted by Crippen LogP contribution is 2.10. The lowest BCUT2D eigenvalue weighted by atomic mass is 10.1. The van der Waals surface area contributed by atoms with Crippen molar-refractivity contribution in [2.24, 2.45) is 0 Å². The average Bonchev–Trinajstić information content (AvgIpc) is 2.53. The van der Waals surface area contributed by atoms with Crippen LogP contribution >= 0.6 is 0 Å². The van der Waals surface area contributed by atoms with E-state index in [1.807, 2.05) is 0 Å². The number of carbonyl (C=O) groups is 3. The van der Waals surface area contributed by atoms with Gasteiger partial charge < -0.3 is 15.7 Å². The Hall–Kier alpha value is -2.37. The Morgan fingerprint density at radius 1 is 0.958 bits per heavy atom. The first-order valence-corrected chi connectivity index (χ1v) is 8.43. The van der Waals surface area contributed by atoms with Gasteiger partial charge in [-0.2, -0.15) is 0 Å². The number of hydrogen-bond acceptors (Lipinski definition) is 3. The van der Waals surface area contributed by atoms with E-state index in [0.717, 1.165) is 12.8 Å². The maximum atomic E-state index is 12.0. The van der Waals surface area contributed by atoms with Crippen molar-refractivity contribution in [1.29, 1.82) is 0 Å². The Balaban J connectivity index is 2.30. The first-order chi connectivity index (χ1) is 11.5. The van der Waals surface area contributed by atoms with Crippen LogP contribution in [0.3, 0.4) is 0 Å². The molecule has 1 rings (SSSR count). The molecular weight excluding hydrogens is 308 g/mol. The Bertz CT molecular complexity index is 540. The van der Waals surface area contributed by atoms with Gasteiger partial charge in [0.15, 0.2) is 0 Å². The van der Waals surface area contributed by atoms with Gasteiger partial charge >= 0.3 is 5.97 Å². The molecule has 0 aromatic heterocycles. The number of carbonyl (C=O) groups excluding carboxylic acids is 2. The number of carboxylic acids is 1. The van der Waals surface area contributed by atoms with Gasteiger partial charge in [0, 0.05) is 17.8 Å². The van der Waals surface area contributed by atoms with E-state index in [9.17, 15) is 14.4 Å². The molecule has 0 unspecified atom stereocenters. The van der Waals surface area contributed by atoms with Crippen molar-refractivity contribution in [1.82, 2.24) is 5.32 Å². The number of nitrogens with one attached hydrogen (secondary N) is 2. The van der Waals surface area contributed by atoms with E-state index in [4.69, 9.17) is 5.11 Å². The van der Waals surface area contributed by atoms with Crippen LogP contribution in [0.1, 0.15) is 62.2 Å². The van der Waals surface area contributed by atoms with Crippen molar-refractivity contribution in [2.45, 2.75) is 51.9 Å². The number of hydrogen-bond donors (Lipinski definition) is 3. The molecule has 0 fully saturated rings. The molecule has 0 bridgehead atoms. The predicted octanol–water partition coefficient (Wildman–Crippen LogP) is 3.19. The second kappa shape index (κ2) is 11.2. The van der Waals surface area contributed by atoms with E-state index in [1.165, 1.54) is 25.7 Å². The van der Waals surface area contributed by atoms with Crippen molar-refractivity contribution in [3.8, 4) is 0 Å². The summed E-state index contributed by atoms with van der Waals surface area (Å²) in [6.45, 7) is 2.84. The third kappa shape index (κ3) is 8.31. The van der Waals surface area contributed by atoms with Crippen LogP contribution in [-0.4, -0.2) is 29.4 Å². The van der Waals surface area contributed by atoms with Crippen molar-refractivity contribution >= 4 is 23.5 Å². The standard InChI is InChI=1S/C18H26N2O4/c1-2-3-4-5-6-7-12-19-18(24)14-8-10-15(11-9-14)20-16(21)13-17(22)23/h8-11H,2-7,12-13H2,1H3,(H,19,24)(H,20,21)(H,22,23). The highest BCUT2D eigenvalue weighted by molar-refractivity contribution is 6.01. The fourth-order valence-electron chi connectivity index (χ4n) is 2.26. The number of benzene rings is 1. The molecule has 0 saturated heterocycles. The Morgan fingerprint density at radius 3 is 2.21 bits per heavy atom. The highest BCUT2D eigenvalue weighted by Gasteiger charge is 2.09. The lowest BCUT2D eigenvalue weighted by Gasteiger charge is -2.07. The summed E-state index contributed by atoms with van der Waals surface area (Å²) >= 11 is 0. The number of anilines is 1. The Kier molecular flexibility index (Phi) is 9.19. The van der Waals surface area contributed by atoms with Crippen LogP contribution in [0, 0.1) is 0 Å².